The SMILES string of the molecule is N#Cc1ccccc1-n1c2ccccc2c2c3ccccc3sc21. The zero-order chi connectivity index (χ0) is 16.1. The number of nitrogens with zero attached hydrogens (tertiary/aromatic N) is 2. The maximum atomic E-state index is 9.54. The Kier molecular flexibility index (Phi) is 2.76. The first-order chi connectivity index (χ1) is 11.9. The van der Waals surface area contributed by atoms with Gasteiger partial charge in [0.2, 0.25) is 0 Å². The Labute approximate surface area is 142 Å². The predicted molar refractivity (Wildman–Crippen MR) is 101 cm³/mol. The number of nitriles is 1. The number of benzene rings is 3. The molecule has 0 saturated carbocycles. The smallest absolute Gasteiger partial charge is 0.109 e. The second-order valence-electron chi connectivity index (χ2n) is 5.76. The Morgan fingerprint density at radius 2 is 1.50 bits per heavy atom. The summed E-state index contributed by atoms with van der Waals surface area (Å²) < 4.78 is 3.50. The maximum Gasteiger partial charge on any atom is 0.109 e. The largest absolute Gasteiger partial charge is 0.299 e. The summed E-state index contributed by atoms with van der Waals surface area (Å²) in [6.07, 6.45) is 0. The first-order valence-corrected chi connectivity index (χ1v) is 8.60. The zero-order valence-electron chi connectivity index (χ0n) is 12.7. The van der Waals surface area contributed by atoms with Crippen molar-refractivity contribution in [1.29, 1.82) is 5.26 Å². The van der Waals surface area contributed by atoms with E-state index < -0.39 is 0 Å². The molecule has 0 saturated heterocycles. The first kappa shape index (κ1) is 13.4. The van der Waals surface area contributed by atoms with Gasteiger partial charge < -0.3 is 0 Å². The molecule has 2 nitrogen and oxygen atoms in total. The molecule has 0 fully saturated rings. The molecular weight excluding hydrogens is 312 g/mol. The van der Waals surface area contributed by atoms with Crippen LogP contribution in [0.15, 0.2) is 72.8 Å². The molecule has 0 radical (unpaired) electrons. The second kappa shape index (κ2) is 4.95. The molecule has 3 heteroatoms. The van der Waals surface area contributed by atoms with Gasteiger partial charge in [-0.25, -0.2) is 0 Å². The molecule has 0 atom stereocenters. The fraction of sp³-hybridized carbons (Fsp3) is 0. The fourth-order valence-electron chi connectivity index (χ4n) is 3.44. The molecule has 0 amide bonds. The first-order valence-electron chi connectivity index (χ1n) is 7.78. The third kappa shape index (κ3) is 1.69. The van der Waals surface area contributed by atoms with Gasteiger partial charge in [-0.2, -0.15) is 5.26 Å². The minimum atomic E-state index is 0.692. The lowest BCUT2D eigenvalue weighted by Crippen LogP contribution is -1.95. The van der Waals surface area contributed by atoms with Crippen molar-refractivity contribution in [2.45, 2.75) is 0 Å². The summed E-state index contributed by atoms with van der Waals surface area (Å²) >= 11 is 1.78. The Morgan fingerprint density at radius 1 is 0.792 bits per heavy atom. The van der Waals surface area contributed by atoms with Gasteiger partial charge in [0.1, 0.15) is 10.9 Å². The number of para-hydroxylation sites is 2. The highest BCUT2D eigenvalue weighted by molar-refractivity contribution is 7.25. The standard InChI is InChI=1S/C21H12N2S/c22-13-14-7-1-4-10-17(14)23-18-11-5-2-8-15(18)20-16-9-3-6-12-19(16)24-21(20)23/h1-12H. The molecule has 112 valence electrons. The summed E-state index contributed by atoms with van der Waals surface area (Å²) in [5, 5.41) is 13.3. The Morgan fingerprint density at radius 3 is 2.38 bits per heavy atom. The van der Waals surface area contributed by atoms with Crippen LogP contribution in [0, 0.1) is 11.3 Å². The maximum absolute atomic E-state index is 9.54. The van der Waals surface area contributed by atoms with Gasteiger partial charge in [-0.05, 0) is 24.3 Å². The average Bonchev–Trinajstić information content (AvgIpc) is 3.16. The summed E-state index contributed by atoms with van der Waals surface area (Å²) in [6, 6.07) is 27.1. The highest BCUT2D eigenvalue weighted by Crippen LogP contribution is 2.42. The minimum Gasteiger partial charge on any atom is -0.299 e. The van der Waals surface area contributed by atoms with E-state index >= 15 is 0 Å². The summed E-state index contributed by atoms with van der Waals surface area (Å²) in [6.45, 7) is 0. The van der Waals surface area contributed by atoms with E-state index in [4.69, 9.17) is 0 Å². The molecule has 24 heavy (non-hydrogen) atoms. The lowest BCUT2D eigenvalue weighted by Gasteiger charge is -2.08. The lowest BCUT2D eigenvalue weighted by atomic mass is 10.1. The summed E-state index contributed by atoms with van der Waals surface area (Å²) in [7, 11) is 0. The number of hydrogen-bond acceptors (Lipinski definition) is 2. The van der Waals surface area contributed by atoms with Crippen molar-refractivity contribution in [3.05, 3.63) is 78.4 Å². The van der Waals surface area contributed by atoms with Gasteiger partial charge in [0.05, 0.1) is 16.8 Å². The number of aromatic nitrogens is 1. The van der Waals surface area contributed by atoms with E-state index in [9.17, 15) is 5.26 Å². The van der Waals surface area contributed by atoms with Gasteiger partial charge in [-0.1, -0.05) is 48.5 Å². The van der Waals surface area contributed by atoms with E-state index in [1.165, 1.54) is 25.7 Å². The van der Waals surface area contributed by atoms with Crippen LogP contribution < -0.4 is 0 Å². The fourth-order valence-corrected chi connectivity index (χ4v) is 4.69. The van der Waals surface area contributed by atoms with E-state index in [1.54, 1.807) is 11.3 Å². The van der Waals surface area contributed by atoms with Crippen LogP contribution in [0.1, 0.15) is 5.56 Å². The molecular formula is C21H12N2S. The summed E-state index contributed by atoms with van der Waals surface area (Å²) in [4.78, 5) is 1.19. The Balaban J connectivity index is 2.06. The molecule has 5 rings (SSSR count). The third-order valence-electron chi connectivity index (χ3n) is 4.46. The van der Waals surface area contributed by atoms with Gasteiger partial charge in [-0.15, -0.1) is 11.3 Å². The van der Waals surface area contributed by atoms with Crippen molar-refractivity contribution >= 4 is 42.5 Å². The van der Waals surface area contributed by atoms with E-state index in [0.717, 1.165) is 11.2 Å². The van der Waals surface area contributed by atoms with Crippen molar-refractivity contribution in [2.75, 3.05) is 0 Å². The molecule has 3 aromatic carbocycles. The van der Waals surface area contributed by atoms with Crippen molar-refractivity contribution in [2.24, 2.45) is 0 Å². The van der Waals surface area contributed by atoms with E-state index in [1.807, 2.05) is 24.3 Å². The van der Waals surface area contributed by atoms with Crippen molar-refractivity contribution in [3.63, 3.8) is 0 Å². The van der Waals surface area contributed by atoms with Crippen LogP contribution in [-0.4, -0.2) is 4.57 Å². The van der Waals surface area contributed by atoms with Gasteiger partial charge in [0.25, 0.3) is 0 Å². The van der Waals surface area contributed by atoms with Crippen LogP contribution >= 0.6 is 11.3 Å². The molecule has 2 heterocycles. The van der Waals surface area contributed by atoms with Gasteiger partial charge in [0.15, 0.2) is 0 Å². The Bertz CT molecular complexity index is 1270. The number of fused-ring (bicyclic) bond motifs is 5. The third-order valence-corrected chi connectivity index (χ3v) is 5.62. The van der Waals surface area contributed by atoms with Crippen LogP contribution in [0.25, 0.3) is 36.9 Å². The zero-order valence-corrected chi connectivity index (χ0v) is 13.5. The van der Waals surface area contributed by atoms with Crippen LogP contribution in [0.3, 0.4) is 0 Å². The van der Waals surface area contributed by atoms with E-state index in [2.05, 4.69) is 59.2 Å². The molecule has 0 spiro atoms. The Hall–Kier alpha value is -3.09. The van der Waals surface area contributed by atoms with Crippen LogP contribution in [0.4, 0.5) is 0 Å². The van der Waals surface area contributed by atoms with Crippen LogP contribution in [0.5, 0.6) is 0 Å². The highest BCUT2D eigenvalue weighted by atomic mass is 32.1. The summed E-state index contributed by atoms with van der Waals surface area (Å²) in [5.74, 6) is 0. The van der Waals surface area contributed by atoms with E-state index in [-0.39, 0.29) is 0 Å². The quantitative estimate of drug-likeness (QED) is 0.379. The molecule has 0 unspecified atom stereocenters. The predicted octanol–water partition coefficient (Wildman–Crippen LogP) is 5.87. The number of thiophene rings is 1. The normalized spacial score (nSPS) is 11.3. The monoisotopic (exact) mass is 324 g/mol. The van der Waals surface area contributed by atoms with Crippen molar-refractivity contribution in [3.8, 4) is 11.8 Å². The van der Waals surface area contributed by atoms with Crippen LogP contribution in [0.2, 0.25) is 0 Å². The lowest BCUT2D eigenvalue weighted by molar-refractivity contribution is 1.18. The van der Waals surface area contributed by atoms with E-state index in [0.29, 0.717) is 5.56 Å². The van der Waals surface area contributed by atoms with Crippen molar-refractivity contribution in [1.82, 2.24) is 4.57 Å². The molecule has 0 N–H and O–H groups in total. The second-order valence-corrected chi connectivity index (χ2v) is 6.79. The highest BCUT2D eigenvalue weighted by Gasteiger charge is 2.18. The van der Waals surface area contributed by atoms with Crippen molar-refractivity contribution < 1.29 is 0 Å². The molecule has 2 aromatic heterocycles. The van der Waals surface area contributed by atoms with Gasteiger partial charge in [0, 0.05) is 20.9 Å². The summed E-state index contributed by atoms with van der Waals surface area (Å²) in [5.41, 5.74) is 2.78. The molecule has 0 bridgehead atoms. The number of rotatable bonds is 1. The molecule has 0 aliphatic rings. The average molecular weight is 324 g/mol. The molecule has 0 aliphatic heterocycles. The number of hydrogen-bond donors (Lipinski definition) is 0. The molecule has 5 aromatic rings. The molecule has 0 aliphatic carbocycles. The van der Waals surface area contributed by atoms with Crippen LogP contribution in [-0.2, 0) is 0 Å². The minimum absolute atomic E-state index is 0.692. The van der Waals surface area contributed by atoms with Gasteiger partial charge >= 0.3 is 0 Å². The van der Waals surface area contributed by atoms with Gasteiger partial charge in [-0.3, -0.25) is 4.57 Å². The topological polar surface area (TPSA) is 28.7 Å².